The van der Waals surface area contributed by atoms with Crippen LogP contribution in [0.1, 0.15) is 22.5 Å². The van der Waals surface area contributed by atoms with Crippen molar-refractivity contribution in [2.24, 2.45) is 0 Å². The lowest BCUT2D eigenvalue weighted by molar-refractivity contribution is -0.116. The summed E-state index contributed by atoms with van der Waals surface area (Å²) in [5.74, 6) is -0.666. The van der Waals surface area contributed by atoms with E-state index in [0.29, 0.717) is 11.4 Å². The third kappa shape index (κ3) is 5.14. The zero-order chi connectivity index (χ0) is 19.9. The summed E-state index contributed by atoms with van der Waals surface area (Å²) in [7, 11) is 0. The molecule has 3 aromatic rings. The molecule has 0 radical (unpaired) electrons. The summed E-state index contributed by atoms with van der Waals surface area (Å²) < 4.78 is 1.12. The predicted molar refractivity (Wildman–Crippen MR) is 107 cm³/mol. The van der Waals surface area contributed by atoms with Crippen molar-refractivity contribution in [2.75, 3.05) is 10.6 Å². The van der Waals surface area contributed by atoms with Gasteiger partial charge in [0.15, 0.2) is 0 Å². The number of nitrogens with zero attached hydrogens (tertiary/aromatic N) is 2. The van der Waals surface area contributed by atoms with Gasteiger partial charge < -0.3 is 10.6 Å². The number of anilines is 2. The fourth-order valence-electron chi connectivity index (χ4n) is 2.51. The van der Waals surface area contributed by atoms with Crippen LogP contribution in [-0.4, -0.2) is 21.6 Å². The first-order valence-corrected chi connectivity index (χ1v) is 8.82. The quantitative estimate of drug-likeness (QED) is 0.692. The molecule has 0 atom stereocenters. The van der Waals surface area contributed by atoms with Gasteiger partial charge in [-0.3, -0.25) is 14.4 Å². The Kier molecular flexibility index (Phi) is 5.96. The zero-order valence-corrected chi connectivity index (χ0v) is 15.4. The number of aromatic nitrogens is 2. The van der Waals surface area contributed by atoms with Crippen molar-refractivity contribution in [3.8, 4) is 0 Å². The highest BCUT2D eigenvalue weighted by molar-refractivity contribution is 6.02. The molecule has 2 aromatic carbocycles. The number of carbonyl (C=O) groups excluding carboxylic acids is 2. The molecule has 0 saturated heterocycles. The first-order valence-electron chi connectivity index (χ1n) is 8.82. The molecule has 142 valence electrons. The van der Waals surface area contributed by atoms with E-state index >= 15 is 0 Å². The average Bonchev–Trinajstić information content (AvgIpc) is 2.70. The molecule has 0 aliphatic rings. The third-order valence-electron chi connectivity index (χ3n) is 4.02. The summed E-state index contributed by atoms with van der Waals surface area (Å²) in [6, 6.07) is 19.0. The Morgan fingerprint density at radius 1 is 0.893 bits per heavy atom. The zero-order valence-electron chi connectivity index (χ0n) is 15.4. The Morgan fingerprint density at radius 3 is 2.29 bits per heavy atom. The Morgan fingerprint density at radius 2 is 1.57 bits per heavy atom. The number of carbonyl (C=O) groups is 2. The molecule has 0 unspecified atom stereocenters. The van der Waals surface area contributed by atoms with Crippen molar-refractivity contribution in [1.29, 1.82) is 0 Å². The standard InChI is InChI=1S/C21H20N4O3/c1-15-7-9-17(10-8-15)23-21(28)18-11-12-20(27)25(24-18)14-13-19(26)22-16-5-3-2-4-6-16/h2-12H,13-14H2,1H3,(H,22,26)(H,23,28). The molecule has 0 saturated carbocycles. The lowest BCUT2D eigenvalue weighted by atomic mass is 10.2. The predicted octanol–water partition coefficient (Wildman–Crippen LogP) is 2.83. The van der Waals surface area contributed by atoms with Gasteiger partial charge in [-0.15, -0.1) is 0 Å². The number of rotatable bonds is 6. The molecule has 0 fully saturated rings. The Bertz CT molecular complexity index is 1030. The van der Waals surface area contributed by atoms with Crippen molar-refractivity contribution in [3.63, 3.8) is 0 Å². The number of nitrogens with one attached hydrogen (secondary N) is 2. The second-order valence-electron chi connectivity index (χ2n) is 6.26. The van der Waals surface area contributed by atoms with Crippen LogP contribution in [0.25, 0.3) is 0 Å². The number of benzene rings is 2. The van der Waals surface area contributed by atoms with Gasteiger partial charge in [-0.05, 0) is 37.3 Å². The van der Waals surface area contributed by atoms with E-state index in [2.05, 4.69) is 15.7 Å². The van der Waals surface area contributed by atoms with Crippen molar-refractivity contribution in [3.05, 3.63) is 88.3 Å². The van der Waals surface area contributed by atoms with E-state index in [0.717, 1.165) is 10.2 Å². The van der Waals surface area contributed by atoms with Crippen LogP contribution in [0.2, 0.25) is 0 Å². The van der Waals surface area contributed by atoms with Crippen LogP contribution in [-0.2, 0) is 11.3 Å². The van der Waals surface area contributed by atoms with Crippen LogP contribution in [0.3, 0.4) is 0 Å². The van der Waals surface area contributed by atoms with Crippen LogP contribution >= 0.6 is 0 Å². The van der Waals surface area contributed by atoms with Crippen LogP contribution in [0.15, 0.2) is 71.5 Å². The number of hydrogen-bond donors (Lipinski definition) is 2. The number of para-hydroxylation sites is 1. The van der Waals surface area contributed by atoms with Crippen LogP contribution in [0, 0.1) is 6.92 Å². The average molecular weight is 376 g/mol. The van der Waals surface area contributed by atoms with Crippen molar-refractivity contribution < 1.29 is 9.59 Å². The minimum atomic E-state index is -0.425. The minimum Gasteiger partial charge on any atom is -0.326 e. The summed E-state index contributed by atoms with van der Waals surface area (Å²) >= 11 is 0. The van der Waals surface area contributed by atoms with Crippen LogP contribution in [0.5, 0.6) is 0 Å². The topological polar surface area (TPSA) is 93.1 Å². The van der Waals surface area contributed by atoms with Gasteiger partial charge in [0.05, 0.1) is 6.54 Å². The van der Waals surface area contributed by atoms with E-state index in [1.165, 1.54) is 12.1 Å². The molecule has 2 N–H and O–H groups in total. The van der Waals surface area contributed by atoms with Crippen molar-refractivity contribution in [2.45, 2.75) is 19.9 Å². The maximum atomic E-state index is 12.4. The van der Waals surface area contributed by atoms with Gasteiger partial charge in [0.1, 0.15) is 5.69 Å². The van der Waals surface area contributed by atoms with Gasteiger partial charge in [0.2, 0.25) is 5.91 Å². The lowest BCUT2D eigenvalue weighted by Gasteiger charge is -2.09. The van der Waals surface area contributed by atoms with Gasteiger partial charge in [0.25, 0.3) is 11.5 Å². The molecule has 7 nitrogen and oxygen atoms in total. The van der Waals surface area contributed by atoms with E-state index in [9.17, 15) is 14.4 Å². The summed E-state index contributed by atoms with van der Waals surface area (Å²) in [5.41, 5.74) is 2.12. The Hall–Kier alpha value is -3.74. The molecule has 0 aliphatic heterocycles. The fraction of sp³-hybridized carbons (Fsp3) is 0.143. The second-order valence-corrected chi connectivity index (χ2v) is 6.26. The van der Waals surface area contributed by atoms with Gasteiger partial charge >= 0.3 is 0 Å². The molecule has 3 rings (SSSR count). The largest absolute Gasteiger partial charge is 0.326 e. The summed E-state index contributed by atoms with van der Waals surface area (Å²) in [4.78, 5) is 36.4. The maximum absolute atomic E-state index is 12.4. The highest BCUT2D eigenvalue weighted by Crippen LogP contribution is 2.10. The Balaban J connectivity index is 1.64. The van der Waals surface area contributed by atoms with E-state index in [-0.39, 0.29) is 30.1 Å². The van der Waals surface area contributed by atoms with Gasteiger partial charge in [-0.1, -0.05) is 35.9 Å². The molecular formula is C21H20N4O3. The summed E-state index contributed by atoms with van der Waals surface area (Å²) in [6.07, 6.45) is 0.0604. The SMILES string of the molecule is Cc1ccc(NC(=O)c2ccc(=O)n(CCC(=O)Nc3ccccc3)n2)cc1. The summed E-state index contributed by atoms with van der Waals surface area (Å²) in [6.45, 7) is 2.03. The first kappa shape index (κ1) is 19.0. The van der Waals surface area contributed by atoms with Crippen molar-refractivity contribution >= 4 is 23.2 Å². The van der Waals surface area contributed by atoms with E-state index < -0.39 is 5.91 Å². The molecular weight excluding hydrogens is 356 g/mol. The second kappa shape index (κ2) is 8.77. The summed E-state index contributed by atoms with van der Waals surface area (Å²) in [5, 5.41) is 9.56. The molecule has 1 heterocycles. The van der Waals surface area contributed by atoms with Crippen LogP contribution in [0.4, 0.5) is 11.4 Å². The van der Waals surface area contributed by atoms with E-state index in [1.807, 2.05) is 37.3 Å². The maximum Gasteiger partial charge on any atom is 0.276 e. The normalized spacial score (nSPS) is 10.3. The highest BCUT2D eigenvalue weighted by Gasteiger charge is 2.11. The van der Waals surface area contributed by atoms with Gasteiger partial charge in [-0.25, -0.2) is 4.68 Å². The monoisotopic (exact) mass is 376 g/mol. The van der Waals surface area contributed by atoms with Crippen molar-refractivity contribution in [1.82, 2.24) is 9.78 Å². The smallest absolute Gasteiger partial charge is 0.276 e. The molecule has 0 aliphatic carbocycles. The molecule has 1 aromatic heterocycles. The van der Waals surface area contributed by atoms with E-state index in [1.54, 1.807) is 24.3 Å². The molecule has 0 spiro atoms. The molecule has 2 amide bonds. The van der Waals surface area contributed by atoms with E-state index in [4.69, 9.17) is 0 Å². The molecule has 7 heteroatoms. The first-order chi connectivity index (χ1) is 13.5. The third-order valence-corrected chi connectivity index (χ3v) is 4.02. The highest BCUT2D eigenvalue weighted by atomic mass is 16.2. The molecule has 28 heavy (non-hydrogen) atoms. The Labute approximate surface area is 162 Å². The number of amides is 2. The van der Waals surface area contributed by atoms with Crippen LogP contribution < -0.4 is 16.2 Å². The lowest BCUT2D eigenvalue weighted by Crippen LogP contribution is -2.28. The molecule has 0 bridgehead atoms. The van der Waals surface area contributed by atoms with Gasteiger partial charge in [0, 0.05) is 23.9 Å². The fourth-order valence-corrected chi connectivity index (χ4v) is 2.51. The van der Waals surface area contributed by atoms with Gasteiger partial charge in [-0.2, -0.15) is 5.10 Å². The number of hydrogen-bond acceptors (Lipinski definition) is 4. The number of aryl methyl sites for hydroxylation is 2. The minimum absolute atomic E-state index is 0.0604.